The third-order valence-corrected chi connectivity index (χ3v) is 4.78. The maximum absolute atomic E-state index is 12.9. The van der Waals surface area contributed by atoms with Crippen molar-refractivity contribution in [1.29, 1.82) is 0 Å². The minimum atomic E-state index is -0.701. The smallest absolute Gasteiger partial charge is 0.249 e. The van der Waals surface area contributed by atoms with Gasteiger partial charge in [0.05, 0.1) is 12.5 Å². The molecule has 24 heavy (non-hydrogen) atoms. The molecule has 1 fully saturated rings. The van der Waals surface area contributed by atoms with Crippen LogP contribution in [0.1, 0.15) is 38.7 Å². The summed E-state index contributed by atoms with van der Waals surface area (Å²) in [6.07, 6.45) is 1.87. The van der Waals surface area contributed by atoms with E-state index in [4.69, 9.17) is 9.47 Å². The van der Waals surface area contributed by atoms with Gasteiger partial charge in [0.1, 0.15) is 5.75 Å². The molecule has 0 unspecified atom stereocenters. The highest BCUT2D eigenvalue weighted by Crippen LogP contribution is 2.35. The van der Waals surface area contributed by atoms with Gasteiger partial charge < -0.3 is 9.47 Å². The van der Waals surface area contributed by atoms with Gasteiger partial charge in [-0.25, -0.2) is 0 Å². The van der Waals surface area contributed by atoms with Crippen molar-refractivity contribution in [2.24, 2.45) is 5.92 Å². The summed E-state index contributed by atoms with van der Waals surface area (Å²) >= 11 is 0. The number of carbonyl (C=O) groups excluding carboxylic acids is 2. The van der Waals surface area contributed by atoms with Gasteiger partial charge in [-0.1, -0.05) is 26.0 Å². The number of benzene rings is 1. The van der Waals surface area contributed by atoms with Crippen LogP contribution in [-0.2, 0) is 19.7 Å². The van der Waals surface area contributed by atoms with Crippen LogP contribution in [0.2, 0.25) is 0 Å². The molecule has 0 radical (unpaired) electrons. The summed E-state index contributed by atoms with van der Waals surface area (Å²) in [5, 5.41) is 0. The van der Waals surface area contributed by atoms with Crippen molar-refractivity contribution >= 4 is 11.8 Å². The first kappa shape index (κ1) is 18.3. The van der Waals surface area contributed by atoms with Crippen molar-refractivity contribution in [3.63, 3.8) is 0 Å². The topological polar surface area (TPSA) is 76.7 Å². The molecule has 1 atom stereocenters. The molecule has 0 bridgehead atoms. The SMILES string of the molecule is CC[C@H](C)C(=O)NNC(=O)C1(c2ccc(OC)cc2)CCOCC1. The molecule has 132 valence electrons. The van der Waals surface area contributed by atoms with Gasteiger partial charge in [-0.2, -0.15) is 0 Å². The number of ether oxygens (including phenoxy) is 2. The van der Waals surface area contributed by atoms with Gasteiger partial charge in [-0.15, -0.1) is 0 Å². The Hall–Kier alpha value is -2.08. The highest BCUT2D eigenvalue weighted by atomic mass is 16.5. The Bertz CT molecular complexity index is 565. The quantitative estimate of drug-likeness (QED) is 0.807. The molecule has 6 nitrogen and oxygen atoms in total. The lowest BCUT2D eigenvalue weighted by Crippen LogP contribution is -2.54. The molecule has 1 aromatic carbocycles. The monoisotopic (exact) mass is 334 g/mol. The fraction of sp³-hybridized carbons (Fsp3) is 0.556. The molecule has 2 N–H and O–H groups in total. The largest absolute Gasteiger partial charge is 0.497 e. The number of methoxy groups -OCH3 is 1. The van der Waals surface area contributed by atoms with E-state index in [2.05, 4.69) is 10.9 Å². The number of hydrogen-bond donors (Lipinski definition) is 2. The van der Waals surface area contributed by atoms with Crippen LogP contribution in [0.5, 0.6) is 5.75 Å². The van der Waals surface area contributed by atoms with Crippen LogP contribution in [0, 0.1) is 5.92 Å². The van der Waals surface area contributed by atoms with Gasteiger partial charge in [-0.3, -0.25) is 20.4 Å². The normalized spacial score (nSPS) is 17.6. The summed E-state index contributed by atoms with van der Waals surface area (Å²) in [4.78, 5) is 24.8. The van der Waals surface area contributed by atoms with Crippen molar-refractivity contribution in [3.05, 3.63) is 29.8 Å². The fourth-order valence-electron chi connectivity index (χ4n) is 2.82. The van der Waals surface area contributed by atoms with Crippen molar-refractivity contribution in [2.45, 2.75) is 38.5 Å². The average molecular weight is 334 g/mol. The van der Waals surface area contributed by atoms with Gasteiger partial charge in [0.15, 0.2) is 0 Å². The third-order valence-electron chi connectivity index (χ3n) is 4.78. The zero-order valence-corrected chi connectivity index (χ0v) is 14.6. The molecule has 1 aliphatic heterocycles. The summed E-state index contributed by atoms with van der Waals surface area (Å²) in [6.45, 7) is 4.79. The Morgan fingerprint density at radius 1 is 1.21 bits per heavy atom. The van der Waals surface area contributed by atoms with E-state index in [1.54, 1.807) is 7.11 Å². The Morgan fingerprint density at radius 3 is 2.38 bits per heavy atom. The molecule has 1 heterocycles. The van der Waals surface area contributed by atoms with Gasteiger partial charge in [0.2, 0.25) is 11.8 Å². The highest BCUT2D eigenvalue weighted by Gasteiger charge is 2.42. The van der Waals surface area contributed by atoms with Gasteiger partial charge in [-0.05, 0) is 37.0 Å². The van der Waals surface area contributed by atoms with Crippen LogP contribution in [-0.4, -0.2) is 32.1 Å². The number of hydrogen-bond acceptors (Lipinski definition) is 4. The van der Waals surface area contributed by atoms with Crippen LogP contribution in [0.4, 0.5) is 0 Å². The second-order valence-corrected chi connectivity index (χ2v) is 6.18. The number of nitrogens with one attached hydrogen (secondary N) is 2. The lowest BCUT2D eigenvalue weighted by molar-refractivity contribution is -0.136. The molecule has 2 amide bonds. The molecule has 2 rings (SSSR count). The Balaban J connectivity index is 2.17. The summed E-state index contributed by atoms with van der Waals surface area (Å²) in [5.41, 5.74) is 5.36. The van der Waals surface area contributed by atoms with E-state index in [1.807, 2.05) is 38.1 Å². The molecule has 1 aromatic rings. The molecular weight excluding hydrogens is 308 g/mol. The first-order valence-electron chi connectivity index (χ1n) is 8.36. The van der Waals surface area contributed by atoms with E-state index in [0.29, 0.717) is 26.1 Å². The van der Waals surface area contributed by atoms with Gasteiger partial charge >= 0.3 is 0 Å². The lowest BCUT2D eigenvalue weighted by Gasteiger charge is -2.36. The summed E-state index contributed by atoms with van der Waals surface area (Å²) in [5.74, 6) is 0.221. The highest BCUT2D eigenvalue weighted by molar-refractivity contribution is 5.90. The minimum Gasteiger partial charge on any atom is -0.497 e. The Morgan fingerprint density at radius 2 is 1.83 bits per heavy atom. The van der Waals surface area contributed by atoms with E-state index in [-0.39, 0.29) is 17.7 Å². The molecule has 0 aromatic heterocycles. The first-order chi connectivity index (χ1) is 11.5. The van der Waals surface area contributed by atoms with Crippen LogP contribution >= 0.6 is 0 Å². The lowest BCUT2D eigenvalue weighted by atomic mass is 9.73. The fourth-order valence-corrected chi connectivity index (χ4v) is 2.82. The van der Waals surface area contributed by atoms with Gasteiger partial charge in [0, 0.05) is 19.1 Å². The summed E-state index contributed by atoms with van der Waals surface area (Å²) in [7, 11) is 1.61. The standard InChI is InChI=1S/C18H26N2O4/c1-4-13(2)16(21)19-20-17(22)18(9-11-24-12-10-18)14-5-7-15(23-3)8-6-14/h5-8,13H,4,9-12H2,1-3H3,(H,19,21)(H,20,22)/t13-/m0/s1. The van der Waals surface area contributed by atoms with Crippen LogP contribution in [0.15, 0.2) is 24.3 Å². The maximum atomic E-state index is 12.9. The predicted octanol–water partition coefficient (Wildman–Crippen LogP) is 1.94. The van der Waals surface area contributed by atoms with E-state index < -0.39 is 5.41 Å². The average Bonchev–Trinajstić information content (AvgIpc) is 2.65. The molecule has 1 aliphatic rings. The number of rotatable bonds is 5. The number of carbonyl (C=O) groups is 2. The van der Waals surface area contributed by atoms with E-state index in [0.717, 1.165) is 17.7 Å². The molecule has 0 saturated carbocycles. The van der Waals surface area contributed by atoms with E-state index in [9.17, 15) is 9.59 Å². The zero-order chi connectivity index (χ0) is 17.6. The maximum Gasteiger partial charge on any atom is 0.249 e. The summed E-state index contributed by atoms with van der Waals surface area (Å²) in [6, 6.07) is 7.50. The first-order valence-corrected chi connectivity index (χ1v) is 8.36. The number of amides is 2. The van der Waals surface area contributed by atoms with Gasteiger partial charge in [0.25, 0.3) is 0 Å². The molecular formula is C18H26N2O4. The minimum absolute atomic E-state index is 0.142. The van der Waals surface area contributed by atoms with Crippen LogP contribution in [0.25, 0.3) is 0 Å². The van der Waals surface area contributed by atoms with Crippen molar-refractivity contribution < 1.29 is 19.1 Å². The Kier molecular flexibility index (Phi) is 6.20. The van der Waals surface area contributed by atoms with E-state index in [1.165, 1.54) is 0 Å². The van der Waals surface area contributed by atoms with E-state index >= 15 is 0 Å². The van der Waals surface area contributed by atoms with Crippen LogP contribution in [0.3, 0.4) is 0 Å². The Labute approximate surface area is 142 Å². The predicted molar refractivity (Wildman–Crippen MR) is 90.5 cm³/mol. The number of hydrazine groups is 1. The third kappa shape index (κ3) is 3.87. The summed E-state index contributed by atoms with van der Waals surface area (Å²) < 4.78 is 10.6. The zero-order valence-electron chi connectivity index (χ0n) is 14.6. The molecule has 0 spiro atoms. The van der Waals surface area contributed by atoms with Crippen LogP contribution < -0.4 is 15.6 Å². The second kappa shape index (κ2) is 8.15. The second-order valence-electron chi connectivity index (χ2n) is 6.18. The van der Waals surface area contributed by atoms with Crippen molar-refractivity contribution in [3.8, 4) is 5.75 Å². The van der Waals surface area contributed by atoms with Crippen molar-refractivity contribution in [1.82, 2.24) is 10.9 Å². The molecule has 0 aliphatic carbocycles. The van der Waals surface area contributed by atoms with Crippen molar-refractivity contribution in [2.75, 3.05) is 20.3 Å². The molecule has 1 saturated heterocycles. The molecule has 6 heteroatoms.